The van der Waals surface area contributed by atoms with Crippen LogP contribution in [0.2, 0.25) is 0 Å². The second-order valence-corrected chi connectivity index (χ2v) is 15.2. The first-order valence-electron chi connectivity index (χ1n) is 20.5. The van der Waals surface area contributed by atoms with Gasteiger partial charge in [0.15, 0.2) is 12.6 Å². The van der Waals surface area contributed by atoms with E-state index in [-0.39, 0.29) is 23.3 Å². The number of aliphatic hydroxyl groups is 6. The van der Waals surface area contributed by atoms with Crippen LogP contribution in [-0.4, -0.2) is 135 Å². The van der Waals surface area contributed by atoms with Crippen LogP contribution in [0, 0.1) is 0 Å². The number of phenols is 1. The van der Waals surface area contributed by atoms with Gasteiger partial charge >= 0.3 is 5.97 Å². The minimum atomic E-state index is -1.78. The average Bonchev–Trinajstić information content (AvgIpc) is 3.19. The maximum absolute atomic E-state index is 12.1. The molecule has 1 unspecified atom stereocenters. The number of carbonyl (C=O) groups is 2. The van der Waals surface area contributed by atoms with Crippen molar-refractivity contribution in [1.82, 2.24) is 5.32 Å². The van der Waals surface area contributed by atoms with Crippen molar-refractivity contribution in [2.24, 2.45) is 0 Å². The van der Waals surface area contributed by atoms with Gasteiger partial charge in [-0.05, 0) is 76.5 Å². The van der Waals surface area contributed by atoms with Gasteiger partial charge in [-0.2, -0.15) is 0 Å². The Balaban J connectivity index is 1.27. The Morgan fingerprint density at radius 1 is 0.807 bits per heavy atom. The lowest BCUT2D eigenvalue weighted by Crippen LogP contribution is -2.65. The minimum Gasteiger partial charge on any atom is -0.508 e. The Labute approximate surface area is 336 Å². The Bertz CT molecular complexity index is 1340. The number of aromatic hydroxyl groups is 1. The van der Waals surface area contributed by atoms with Crippen molar-refractivity contribution >= 4 is 11.9 Å². The van der Waals surface area contributed by atoms with Gasteiger partial charge in [0.25, 0.3) is 0 Å². The molecule has 0 aromatic heterocycles. The van der Waals surface area contributed by atoms with Crippen LogP contribution in [0.15, 0.2) is 48.6 Å². The van der Waals surface area contributed by atoms with E-state index in [2.05, 4.69) is 24.0 Å². The molecule has 2 aliphatic heterocycles. The summed E-state index contributed by atoms with van der Waals surface area (Å²) in [7, 11) is 0. The largest absolute Gasteiger partial charge is 0.508 e. The molecule has 2 aliphatic rings. The number of phenolic OH excluding ortho intramolecular Hbond substituents is 1. The molecule has 2 saturated heterocycles. The molecule has 57 heavy (non-hydrogen) atoms. The fraction of sp³-hybridized carbons (Fsp3) is 0.714. The lowest BCUT2D eigenvalue weighted by Gasteiger charge is -2.46. The minimum absolute atomic E-state index is 0.0867. The number of esters is 1. The third-order valence-corrected chi connectivity index (χ3v) is 10.2. The monoisotopic (exact) mass is 809 g/mol. The summed E-state index contributed by atoms with van der Waals surface area (Å²) in [5.74, 6) is -0.421. The van der Waals surface area contributed by atoms with E-state index >= 15 is 0 Å². The van der Waals surface area contributed by atoms with E-state index in [1.165, 1.54) is 6.92 Å². The Hall–Kier alpha value is -2.96. The number of ether oxygens (including phenoxy) is 5. The summed E-state index contributed by atoms with van der Waals surface area (Å²) in [6.07, 6.45) is 2.15. The van der Waals surface area contributed by atoms with Crippen LogP contribution in [-0.2, 0) is 39.7 Å². The normalized spacial score (nSPS) is 28.3. The maximum atomic E-state index is 12.1. The van der Waals surface area contributed by atoms with Crippen molar-refractivity contribution in [2.45, 2.75) is 171 Å². The molecule has 0 saturated carbocycles. The first kappa shape index (κ1) is 48.4. The third-order valence-electron chi connectivity index (χ3n) is 10.2. The number of aliphatic hydroxyl groups excluding tert-OH is 6. The highest BCUT2D eigenvalue weighted by molar-refractivity contribution is 5.86. The SMILES string of the molecule is C=C(C)C(=O)OC[C@H]1O[C@@H](O[C@H]2[C@H](OC(C)CCCCCC/C=C\CCCCCCCC(=O)NCCc3ccc(O)cc3)O[C@H](CO)[C@@H](O)[C@@H]2O)[C@H](O)[C@@H](O)[C@@H]1O. The van der Waals surface area contributed by atoms with Crippen LogP contribution in [0.4, 0.5) is 0 Å². The van der Waals surface area contributed by atoms with E-state index in [1.54, 1.807) is 12.1 Å². The average molecular weight is 810 g/mol. The molecule has 11 atom stereocenters. The molecule has 1 aromatic rings. The van der Waals surface area contributed by atoms with Crippen molar-refractivity contribution < 1.29 is 69.0 Å². The number of allylic oxidation sites excluding steroid dienone is 2. The van der Waals surface area contributed by atoms with Gasteiger partial charge in [-0.15, -0.1) is 0 Å². The van der Waals surface area contributed by atoms with Gasteiger partial charge in [0.05, 0.1) is 12.7 Å². The highest BCUT2D eigenvalue weighted by Gasteiger charge is 2.51. The highest BCUT2D eigenvalue weighted by atomic mass is 16.8. The van der Waals surface area contributed by atoms with E-state index in [0.29, 0.717) is 19.4 Å². The molecule has 3 rings (SSSR count). The molecule has 0 radical (unpaired) electrons. The number of carbonyl (C=O) groups excluding carboxylic acids is 2. The fourth-order valence-corrected chi connectivity index (χ4v) is 6.67. The molecule has 324 valence electrons. The summed E-state index contributed by atoms with van der Waals surface area (Å²) in [6, 6.07) is 7.02. The van der Waals surface area contributed by atoms with E-state index in [0.717, 1.165) is 82.6 Å². The van der Waals surface area contributed by atoms with Gasteiger partial charge < -0.3 is 64.7 Å². The molecule has 1 amide bonds. The first-order chi connectivity index (χ1) is 27.3. The fourth-order valence-electron chi connectivity index (χ4n) is 6.67. The number of rotatable bonds is 26. The lowest BCUT2D eigenvalue weighted by molar-refractivity contribution is -0.371. The van der Waals surface area contributed by atoms with Gasteiger partial charge in [0.2, 0.25) is 5.91 Å². The Kier molecular flexibility index (Phi) is 22.3. The van der Waals surface area contributed by atoms with Crippen LogP contribution in [0.1, 0.15) is 103 Å². The highest BCUT2D eigenvalue weighted by Crippen LogP contribution is 2.31. The summed E-state index contributed by atoms with van der Waals surface area (Å²) >= 11 is 0. The number of nitrogens with one attached hydrogen (secondary N) is 1. The van der Waals surface area contributed by atoms with Gasteiger partial charge in [0, 0.05) is 18.5 Å². The molecule has 15 heteroatoms. The van der Waals surface area contributed by atoms with Crippen LogP contribution < -0.4 is 5.32 Å². The predicted octanol–water partition coefficient (Wildman–Crippen LogP) is 2.83. The van der Waals surface area contributed by atoms with Crippen LogP contribution in [0.25, 0.3) is 0 Å². The molecule has 2 heterocycles. The zero-order valence-corrected chi connectivity index (χ0v) is 33.5. The number of hydrogen-bond donors (Lipinski definition) is 8. The standard InChI is InChI=1S/C42H67NO14/c1-27(2)40(52)53-26-32-35(48)36(49)38(51)41(56-32)57-39-37(50)34(47)31(25-44)55-42(39)54-28(3)17-15-13-11-9-7-5-4-6-8-10-12-14-16-18-33(46)43-24-23-29-19-21-30(45)22-20-29/h4-5,19-22,28,31-32,34-39,41-42,44-45,47-51H,1,6-18,23-26H2,2-3H3,(H,43,46)/b5-4-/t28?,31-,32-,34-,35-,36+,37+,38-,39-,41+,42-/m1/s1. The first-order valence-corrected chi connectivity index (χ1v) is 20.5. The number of unbranched alkanes of at least 4 members (excludes halogenated alkanes) is 9. The van der Waals surface area contributed by atoms with E-state index in [9.17, 15) is 45.3 Å². The van der Waals surface area contributed by atoms with Crippen molar-refractivity contribution in [2.75, 3.05) is 19.8 Å². The second kappa shape index (κ2) is 26.2. The molecule has 8 N–H and O–H groups in total. The molecule has 15 nitrogen and oxygen atoms in total. The summed E-state index contributed by atoms with van der Waals surface area (Å²) in [5, 5.41) is 75.1. The van der Waals surface area contributed by atoms with E-state index < -0.39 is 80.6 Å². The predicted molar refractivity (Wildman–Crippen MR) is 210 cm³/mol. The number of amides is 1. The quantitative estimate of drug-likeness (QED) is 0.0291. The Morgan fingerprint density at radius 3 is 2.05 bits per heavy atom. The van der Waals surface area contributed by atoms with Crippen molar-refractivity contribution in [1.29, 1.82) is 0 Å². The smallest absolute Gasteiger partial charge is 0.333 e. The molecule has 0 spiro atoms. The summed E-state index contributed by atoms with van der Waals surface area (Å²) in [4.78, 5) is 23.9. The molecule has 0 bridgehead atoms. The Morgan fingerprint density at radius 2 is 1.40 bits per heavy atom. The van der Waals surface area contributed by atoms with E-state index in [4.69, 9.17) is 23.7 Å². The summed E-state index contributed by atoms with van der Waals surface area (Å²) < 4.78 is 28.3. The van der Waals surface area contributed by atoms with Crippen LogP contribution in [0.5, 0.6) is 5.75 Å². The maximum Gasteiger partial charge on any atom is 0.333 e. The zero-order chi connectivity index (χ0) is 41.7. The molecular formula is C42H67NO14. The molecule has 2 fully saturated rings. The van der Waals surface area contributed by atoms with Crippen molar-refractivity contribution in [3.05, 3.63) is 54.1 Å². The van der Waals surface area contributed by atoms with Gasteiger partial charge in [-0.25, -0.2) is 4.79 Å². The summed E-state index contributed by atoms with van der Waals surface area (Å²) in [6.45, 7) is 6.25. The van der Waals surface area contributed by atoms with Crippen molar-refractivity contribution in [3.8, 4) is 5.75 Å². The molecule has 1 aromatic carbocycles. The summed E-state index contributed by atoms with van der Waals surface area (Å²) in [5.41, 5.74) is 1.19. The lowest BCUT2D eigenvalue weighted by atomic mass is 9.97. The van der Waals surface area contributed by atoms with E-state index in [1.807, 2.05) is 19.1 Å². The second-order valence-electron chi connectivity index (χ2n) is 15.2. The van der Waals surface area contributed by atoms with Gasteiger partial charge in [0.1, 0.15) is 61.2 Å². The number of benzene rings is 1. The number of hydrogen-bond acceptors (Lipinski definition) is 14. The van der Waals surface area contributed by atoms with Crippen LogP contribution >= 0.6 is 0 Å². The molecular weight excluding hydrogens is 742 g/mol. The zero-order valence-electron chi connectivity index (χ0n) is 33.5. The van der Waals surface area contributed by atoms with Crippen LogP contribution in [0.3, 0.4) is 0 Å². The topological polar surface area (TPSA) is 234 Å². The van der Waals surface area contributed by atoms with Gasteiger partial charge in [-0.3, -0.25) is 4.79 Å². The van der Waals surface area contributed by atoms with Gasteiger partial charge in [-0.1, -0.05) is 69.4 Å². The van der Waals surface area contributed by atoms with Crippen molar-refractivity contribution in [3.63, 3.8) is 0 Å². The molecule has 0 aliphatic carbocycles. The third kappa shape index (κ3) is 17.0.